The van der Waals surface area contributed by atoms with Gasteiger partial charge in [-0.05, 0) is 49.4 Å². The maximum absolute atomic E-state index is 6.25. The fourth-order valence-corrected chi connectivity index (χ4v) is 4.43. The van der Waals surface area contributed by atoms with Crippen LogP contribution in [0.5, 0.6) is 5.75 Å². The average molecular weight is 363 g/mol. The summed E-state index contributed by atoms with van der Waals surface area (Å²) < 4.78 is 7.91. The van der Waals surface area contributed by atoms with E-state index in [0.717, 1.165) is 41.4 Å². The van der Waals surface area contributed by atoms with Crippen molar-refractivity contribution in [2.45, 2.75) is 50.7 Å². The molecular weight excluding hydrogens is 338 g/mol. The van der Waals surface area contributed by atoms with E-state index in [2.05, 4.69) is 44.5 Å². The maximum atomic E-state index is 6.25. The molecule has 0 N–H and O–H groups in total. The van der Waals surface area contributed by atoms with Crippen LogP contribution in [-0.2, 0) is 0 Å². The Morgan fingerprint density at radius 2 is 1.70 bits per heavy atom. The molecule has 0 amide bonds. The summed E-state index contributed by atoms with van der Waals surface area (Å²) in [7, 11) is 0. The van der Waals surface area contributed by atoms with Gasteiger partial charge in [-0.3, -0.25) is 0 Å². The van der Waals surface area contributed by atoms with E-state index >= 15 is 0 Å². The lowest BCUT2D eigenvalue weighted by molar-refractivity contribution is 0.0768. The molecule has 1 aromatic carbocycles. The smallest absolute Gasteiger partial charge is 0.178 e. The third kappa shape index (κ3) is 3.54. The van der Waals surface area contributed by atoms with E-state index in [9.17, 15) is 0 Å². The van der Waals surface area contributed by atoms with Crippen LogP contribution in [0.25, 0.3) is 16.8 Å². The second kappa shape index (κ2) is 7.27. The number of hydrogen-bond acceptors (Lipinski definition) is 5. The lowest BCUT2D eigenvalue weighted by atomic mass is 10.0. The van der Waals surface area contributed by atoms with Gasteiger partial charge in [0.15, 0.2) is 5.65 Å². The third-order valence-corrected chi connectivity index (χ3v) is 5.97. The topological polar surface area (TPSA) is 55.6 Å². The highest BCUT2D eigenvalue weighted by Gasteiger charge is 2.27. The Bertz CT molecular complexity index is 892. The first-order chi connectivity index (χ1) is 13.3. The minimum atomic E-state index is 0.336. The van der Waals surface area contributed by atoms with E-state index in [1.54, 1.807) is 10.8 Å². The van der Waals surface area contributed by atoms with E-state index < -0.39 is 0 Å². The van der Waals surface area contributed by atoms with Gasteiger partial charge in [-0.1, -0.05) is 25.0 Å². The highest BCUT2D eigenvalue weighted by atomic mass is 16.5. The van der Waals surface area contributed by atoms with E-state index in [1.165, 1.54) is 38.8 Å². The van der Waals surface area contributed by atoms with E-state index in [0.29, 0.717) is 6.10 Å². The standard InChI is InChI=1S/C21H25N5O/c1-2-4-18(3-1)25-11-9-20(10-12-25)27-19-7-5-16(6-8-19)17-13-21-24-22-15-26(21)23-14-17/h5-8,13-15,18,20H,1-4,9-12H2. The summed E-state index contributed by atoms with van der Waals surface area (Å²) in [6.07, 6.45) is 11.6. The van der Waals surface area contributed by atoms with Gasteiger partial charge < -0.3 is 9.64 Å². The first-order valence-electron chi connectivity index (χ1n) is 10.0. The maximum Gasteiger partial charge on any atom is 0.178 e. The van der Waals surface area contributed by atoms with Gasteiger partial charge in [-0.25, -0.2) is 4.52 Å². The number of likely N-dealkylation sites (tertiary alicyclic amines) is 1. The fraction of sp³-hybridized carbons (Fsp3) is 0.476. The molecule has 3 aromatic rings. The van der Waals surface area contributed by atoms with Crippen molar-refractivity contribution in [2.75, 3.05) is 13.1 Å². The first-order valence-corrected chi connectivity index (χ1v) is 10.0. The highest BCUT2D eigenvalue weighted by Crippen LogP contribution is 2.28. The Hall–Kier alpha value is -2.47. The second-order valence-corrected chi connectivity index (χ2v) is 7.69. The summed E-state index contributed by atoms with van der Waals surface area (Å²) >= 11 is 0. The highest BCUT2D eigenvalue weighted by molar-refractivity contribution is 5.66. The van der Waals surface area contributed by atoms with Gasteiger partial charge in [0.25, 0.3) is 0 Å². The molecule has 0 atom stereocenters. The predicted molar refractivity (Wildman–Crippen MR) is 104 cm³/mol. The minimum Gasteiger partial charge on any atom is -0.490 e. The number of piperidine rings is 1. The predicted octanol–water partition coefficient (Wildman–Crippen LogP) is 3.58. The van der Waals surface area contributed by atoms with E-state index in [4.69, 9.17) is 4.74 Å². The molecule has 1 saturated heterocycles. The molecule has 0 bridgehead atoms. The molecule has 0 spiro atoms. The van der Waals surface area contributed by atoms with Gasteiger partial charge in [0.1, 0.15) is 18.2 Å². The normalized spacial score (nSPS) is 19.7. The third-order valence-electron chi connectivity index (χ3n) is 5.97. The van der Waals surface area contributed by atoms with E-state index in [1.807, 2.05) is 12.3 Å². The number of aromatic nitrogens is 4. The first kappa shape index (κ1) is 16.7. The Morgan fingerprint density at radius 1 is 0.926 bits per heavy atom. The lowest BCUT2D eigenvalue weighted by Crippen LogP contribution is -2.43. The van der Waals surface area contributed by atoms with Crippen LogP contribution in [-0.4, -0.2) is 49.9 Å². The van der Waals surface area contributed by atoms with Crippen LogP contribution in [0.4, 0.5) is 0 Å². The van der Waals surface area contributed by atoms with Crippen LogP contribution in [0.15, 0.2) is 42.9 Å². The van der Waals surface area contributed by atoms with Crippen molar-refractivity contribution in [2.24, 2.45) is 0 Å². The lowest BCUT2D eigenvalue weighted by Gasteiger charge is -2.36. The molecule has 5 rings (SSSR count). The summed E-state index contributed by atoms with van der Waals surface area (Å²) in [6.45, 7) is 2.36. The van der Waals surface area contributed by atoms with Gasteiger partial charge >= 0.3 is 0 Å². The molecule has 0 radical (unpaired) electrons. The van der Waals surface area contributed by atoms with Gasteiger partial charge in [0, 0.05) is 24.7 Å². The molecular formula is C21H25N5O. The molecule has 140 valence electrons. The quantitative estimate of drug-likeness (QED) is 0.709. The van der Waals surface area contributed by atoms with Crippen molar-refractivity contribution in [1.29, 1.82) is 0 Å². The number of fused-ring (bicyclic) bond motifs is 1. The molecule has 1 saturated carbocycles. The zero-order valence-electron chi connectivity index (χ0n) is 15.5. The van der Waals surface area contributed by atoms with Crippen molar-refractivity contribution >= 4 is 5.65 Å². The molecule has 27 heavy (non-hydrogen) atoms. The number of hydrogen-bond donors (Lipinski definition) is 0. The number of ether oxygens (including phenoxy) is 1. The van der Waals surface area contributed by atoms with Crippen LogP contribution in [0.1, 0.15) is 38.5 Å². The molecule has 2 aliphatic rings. The molecule has 1 aliphatic carbocycles. The van der Waals surface area contributed by atoms with Crippen LogP contribution < -0.4 is 4.74 Å². The average Bonchev–Trinajstić information content (AvgIpc) is 3.41. The molecule has 6 nitrogen and oxygen atoms in total. The van der Waals surface area contributed by atoms with Crippen LogP contribution in [0.2, 0.25) is 0 Å². The summed E-state index contributed by atoms with van der Waals surface area (Å²) in [4.78, 5) is 2.68. The van der Waals surface area contributed by atoms with Crippen LogP contribution in [0.3, 0.4) is 0 Å². The molecule has 2 fully saturated rings. The monoisotopic (exact) mass is 363 g/mol. The van der Waals surface area contributed by atoms with Crippen molar-refractivity contribution in [3.05, 3.63) is 42.9 Å². The summed E-state index contributed by atoms with van der Waals surface area (Å²) in [6, 6.07) is 11.1. The zero-order chi connectivity index (χ0) is 18.1. The Kier molecular flexibility index (Phi) is 4.49. The van der Waals surface area contributed by atoms with Crippen molar-refractivity contribution in [3.63, 3.8) is 0 Å². The van der Waals surface area contributed by atoms with Crippen LogP contribution >= 0.6 is 0 Å². The Morgan fingerprint density at radius 3 is 2.48 bits per heavy atom. The van der Waals surface area contributed by atoms with Gasteiger partial charge in [-0.2, -0.15) is 5.10 Å². The molecule has 1 aliphatic heterocycles. The van der Waals surface area contributed by atoms with Crippen molar-refractivity contribution < 1.29 is 4.74 Å². The molecule has 6 heteroatoms. The summed E-state index contributed by atoms with van der Waals surface area (Å²) in [5.41, 5.74) is 2.89. The van der Waals surface area contributed by atoms with Gasteiger partial charge in [-0.15, -0.1) is 10.2 Å². The van der Waals surface area contributed by atoms with Crippen LogP contribution in [0, 0.1) is 0 Å². The Balaban J connectivity index is 1.20. The fourth-order valence-electron chi connectivity index (χ4n) is 4.43. The summed E-state index contributed by atoms with van der Waals surface area (Å²) in [5.74, 6) is 0.953. The zero-order valence-corrected chi connectivity index (χ0v) is 15.5. The van der Waals surface area contributed by atoms with E-state index in [-0.39, 0.29) is 0 Å². The molecule has 0 unspecified atom stereocenters. The number of benzene rings is 1. The molecule has 2 aromatic heterocycles. The minimum absolute atomic E-state index is 0.336. The summed E-state index contributed by atoms with van der Waals surface area (Å²) in [5, 5.41) is 12.3. The second-order valence-electron chi connectivity index (χ2n) is 7.69. The molecule has 3 heterocycles. The van der Waals surface area contributed by atoms with Gasteiger partial charge in [0.2, 0.25) is 0 Å². The van der Waals surface area contributed by atoms with Gasteiger partial charge in [0.05, 0.1) is 6.20 Å². The number of nitrogens with zero attached hydrogens (tertiary/aromatic N) is 5. The van der Waals surface area contributed by atoms with Crippen molar-refractivity contribution in [3.8, 4) is 16.9 Å². The van der Waals surface area contributed by atoms with Crippen molar-refractivity contribution in [1.82, 2.24) is 24.7 Å². The largest absolute Gasteiger partial charge is 0.490 e. The number of rotatable bonds is 4. The Labute approximate surface area is 159 Å². The SMILES string of the molecule is c1cc(-c2cnn3cnnc3c2)ccc1OC1CCN(C2CCCC2)CC1.